The first-order valence-corrected chi connectivity index (χ1v) is 13.5. The summed E-state index contributed by atoms with van der Waals surface area (Å²) in [6.45, 7) is 0.946. The van der Waals surface area contributed by atoms with E-state index in [1.54, 1.807) is 0 Å². The highest BCUT2D eigenvalue weighted by atomic mass is 16.5. The topological polar surface area (TPSA) is 102 Å². The molecule has 0 unspecified atom stereocenters. The Morgan fingerprint density at radius 1 is 1.03 bits per heavy atom. The number of nitrogens with one attached hydrogen (secondary N) is 1. The van der Waals surface area contributed by atoms with Crippen LogP contribution >= 0.6 is 0 Å². The lowest BCUT2D eigenvalue weighted by Gasteiger charge is -2.26. The minimum atomic E-state index is -0.408. The van der Waals surface area contributed by atoms with E-state index < -0.39 is 5.92 Å². The Kier molecular flexibility index (Phi) is 9.34. The Hall–Kier alpha value is -3.19. The summed E-state index contributed by atoms with van der Waals surface area (Å²) in [5, 5.41) is 3.03. The predicted molar refractivity (Wildman–Crippen MR) is 143 cm³/mol. The third-order valence-corrected chi connectivity index (χ3v) is 7.89. The third-order valence-electron chi connectivity index (χ3n) is 7.89. The minimum absolute atomic E-state index is 0.0331. The molecule has 0 radical (unpaired) electrons. The number of methoxy groups -OCH3 is 1. The molecule has 37 heavy (non-hydrogen) atoms. The van der Waals surface area contributed by atoms with E-state index in [4.69, 9.17) is 10.5 Å². The maximum absolute atomic E-state index is 13.1. The van der Waals surface area contributed by atoms with Gasteiger partial charge in [-0.2, -0.15) is 0 Å². The standard InChI is InChI=1S/C30H39N3O4/c1-37-28(34)19-25-18-27(33(30(25)36)17-5-8-21-6-3-2-4-7-21)20-32-29(35)24-11-9-22(10-12-24)23-13-15-26(31)16-14-23/h2-4,6-7,9-12,23,25-27H,5,8,13-20,31H2,1H3,(H,32,35)/t23-,25-,26+,27-/m0/s1. The van der Waals surface area contributed by atoms with Crippen LogP contribution in [0.25, 0.3) is 0 Å². The third kappa shape index (κ3) is 7.19. The van der Waals surface area contributed by atoms with Crippen molar-refractivity contribution in [3.8, 4) is 0 Å². The van der Waals surface area contributed by atoms with Crippen molar-refractivity contribution >= 4 is 17.8 Å². The molecule has 3 N–H and O–H groups in total. The molecule has 2 atom stereocenters. The molecule has 1 heterocycles. The molecule has 1 aliphatic carbocycles. The SMILES string of the molecule is COC(=O)C[C@@H]1C[C@@H](CNC(=O)c2ccc([C@H]3CC[C@@H](N)CC3)cc2)N(CCCc2ccccc2)C1=O. The molecule has 7 heteroatoms. The number of aryl methyl sites for hydroxylation is 1. The average Bonchev–Trinajstić information content (AvgIpc) is 3.22. The van der Waals surface area contributed by atoms with E-state index in [-0.39, 0.29) is 30.2 Å². The van der Waals surface area contributed by atoms with Gasteiger partial charge in [0.2, 0.25) is 5.91 Å². The number of hydrogen-bond donors (Lipinski definition) is 2. The maximum atomic E-state index is 13.1. The highest BCUT2D eigenvalue weighted by Gasteiger charge is 2.40. The lowest BCUT2D eigenvalue weighted by atomic mass is 9.82. The highest BCUT2D eigenvalue weighted by molar-refractivity contribution is 5.94. The van der Waals surface area contributed by atoms with Crippen LogP contribution in [0.3, 0.4) is 0 Å². The second kappa shape index (κ2) is 12.9. The number of ether oxygens (including phenoxy) is 1. The molecule has 0 aromatic heterocycles. The van der Waals surface area contributed by atoms with Crippen molar-refractivity contribution in [1.82, 2.24) is 10.2 Å². The summed E-state index contributed by atoms with van der Waals surface area (Å²) in [6.07, 6.45) is 6.57. The molecule has 1 saturated carbocycles. The van der Waals surface area contributed by atoms with Crippen LogP contribution in [0.15, 0.2) is 54.6 Å². The molecule has 198 valence electrons. The molecule has 1 saturated heterocycles. The first-order valence-electron chi connectivity index (χ1n) is 13.5. The fourth-order valence-electron chi connectivity index (χ4n) is 5.68. The smallest absolute Gasteiger partial charge is 0.306 e. The van der Waals surface area contributed by atoms with E-state index in [2.05, 4.69) is 29.6 Å². The molecular weight excluding hydrogens is 466 g/mol. The van der Waals surface area contributed by atoms with Crippen molar-refractivity contribution in [1.29, 1.82) is 0 Å². The van der Waals surface area contributed by atoms with Gasteiger partial charge in [-0.25, -0.2) is 0 Å². The van der Waals surface area contributed by atoms with E-state index in [0.29, 0.717) is 37.0 Å². The fourth-order valence-corrected chi connectivity index (χ4v) is 5.68. The molecule has 1 aliphatic heterocycles. The van der Waals surface area contributed by atoms with Crippen LogP contribution in [-0.4, -0.2) is 55.0 Å². The van der Waals surface area contributed by atoms with E-state index in [1.807, 2.05) is 35.2 Å². The van der Waals surface area contributed by atoms with Crippen LogP contribution in [0.2, 0.25) is 0 Å². The number of rotatable bonds is 10. The van der Waals surface area contributed by atoms with Crippen LogP contribution in [0.5, 0.6) is 0 Å². The van der Waals surface area contributed by atoms with Crippen LogP contribution in [0.1, 0.15) is 72.3 Å². The van der Waals surface area contributed by atoms with Crippen molar-refractivity contribution in [2.45, 2.75) is 69.4 Å². The van der Waals surface area contributed by atoms with E-state index >= 15 is 0 Å². The van der Waals surface area contributed by atoms with Gasteiger partial charge in [-0.15, -0.1) is 0 Å². The summed E-state index contributed by atoms with van der Waals surface area (Å²) >= 11 is 0. The first kappa shape index (κ1) is 26.9. The number of hydrogen-bond acceptors (Lipinski definition) is 5. The van der Waals surface area contributed by atoms with Crippen molar-refractivity contribution in [2.24, 2.45) is 11.7 Å². The first-order chi connectivity index (χ1) is 17.9. The summed E-state index contributed by atoms with van der Waals surface area (Å²) in [5.41, 5.74) is 9.14. The van der Waals surface area contributed by atoms with Crippen LogP contribution in [0.4, 0.5) is 0 Å². The molecule has 2 aromatic carbocycles. The molecule has 2 aromatic rings. The maximum Gasteiger partial charge on any atom is 0.306 e. The predicted octanol–water partition coefficient (Wildman–Crippen LogP) is 3.81. The van der Waals surface area contributed by atoms with Gasteiger partial charge >= 0.3 is 5.97 Å². The van der Waals surface area contributed by atoms with Gasteiger partial charge in [0, 0.05) is 30.7 Å². The van der Waals surface area contributed by atoms with Crippen molar-refractivity contribution in [3.05, 3.63) is 71.3 Å². The Morgan fingerprint density at radius 2 is 1.73 bits per heavy atom. The normalized spacial score (nSPS) is 23.6. The Bertz CT molecular complexity index is 1050. The van der Waals surface area contributed by atoms with Gasteiger partial charge in [0.1, 0.15) is 0 Å². The summed E-state index contributed by atoms with van der Waals surface area (Å²) in [5.74, 6) is -0.460. The number of nitrogens with zero attached hydrogens (tertiary/aromatic N) is 1. The van der Waals surface area contributed by atoms with Gasteiger partial charge in [0.05, 0.1) is 19.4 Å². The number of carbonyl (C=O) groups is 3. The summed E-state index contributed by atoms with van der Waals surface area (Å²) in [4.78, 5) is 39.8. The van der Waals surface area contributed by atoms with Crippen LogP contribution < -0.4 is 11.1 Å². The zero-order valence-electron chi connectivity index (χ0n) is 21.7. The van der Waals surface area contributed by atoms with Gasteiger partial charge in [-0.3, -0.25) is 14.4 Å². The number of nitrogens with two attached hydrogens (primary N) is 1. The number of carbonyl (C=O) groups excluding carboxylic acids is 3. The van der Waals surface area contributed by atoms with Crippen LogP contribution in [-0.2, 0) is 20.7 Å². The average molecular weight is 506 g/mol. The lowest BCUT2D eigenvalue weighted by Crippen LogP contribution is -2.42. The number of likely N-dealkylation sites (tertiary alicyclic amines) is 1. The quantitative estimate of drug-likeness (QED) is 0.478. The second-order valence-electron chi connectivity index (χ2n) is 10.4. The van der Waals surface area contributed by atoms with Crippen molar-refractivity contribution < 1.29 is 19.1 Å². The lowest BCUT2D eigenvalue weighted by molar-refractivity contribution is -0.144. The molecule has 2 aliphatic rings. The zero-order chi connectivity index (χ0) is 26.2. The molecule has 2 amide bonds. The Balaban J connectivity index is 1.34. The van der Waals surface area contributed by atoms with Gasteiger partial charge in [0.15, 0.2) is 0 Å². The van der Waals surface area contributed by atoms with E-state index in [9.17, 15) is 14.4 Å². The number of esters is 1. The van der Waals surface area contributed by atoms with E-state index in [0.717, 1.165) is 38.5 Å². The van der Waals surface area contributed by atoms with Gasteiger partial charge in [-0.05, 0) is 74.1 Å². The van der Waals surface area contributed by atoms with Crippen molar-refractivity contribution in [3.63, 3.8) is 0 Å². The number of amides is 2. The van der Waals surface area contributed by atoms with E-state index in [1.165, 1.54) is 18.2 Å². The summed E-state index contributed by atoms with van der Waals surface area (Å²) < 4.78 is 4.80. The Morgan fingerprint density at radius 3 is 2.41 bits per heavy atom. The molecule has 2 fully saturated rings. The monoisotopic (exact) mass is 505 g/mol. The molecule has 0 bridgehead atoms. The summed E-state index contributed by atoms with van der Waals surface area (Å²) in [6, 6.07) is 18.2. The molecular formula is C30H39N3O4. The van der Waals surface area contributed by atoms with Gasteiger partial charge in [0.25, 0.3) is 5.91 Å². The van der Waals surface area contributed by atoms with Gasteiger partial charge in [-0.1, -0.05) is 42.5 Å². The Labute approximate surface area is 219 Å². The number of benzene rings is 2. The van der Waals surface area contributed by atoms with Crippen molar-refractivity contribution in [2.75, 3.05) is 20.2 Å². The van der Waals surface area contributed by atoms with Gasteiger partial charge < -0.3 is 20.7 Å². The fraction of sp³-hybridized carbons (Fsp3) is 0.500. The molecule has 0 spiro atoms. The molecule has 4 rings (SSSR count). The van der Waals surface area contributed by atoms with Crippen LogP contribution in [0, 0.1) is 5.92 Å². The summed E-state index contributed by atoms with van der Waals surface area (Å²) in [7, 11) is 1.34. The highest BCUT2D eigenvalue weighted by Crippen LogP contribution is 2.32. The second-order valence-corrected chi connectivity index (χ2v) is 10.4. The zero-order valence-corrected chi connectivity index (χ0v) is 21.7. The largest absolute Gasteiger partial charge is 0.469 e. The minimum Gasteiger partial charge on any atom is -0.469 e. The molecule has 7 nitrogen and oxygen atoms in total.